The van der Waals surface area contributed by atoms with Gasteiger partial charge in [-0.15, -0.1) is 22.9 Å². The number of hydrogen-bond donors (Lipinski definition) is 0. The predicted molar refractivity (Wildman–Crippen MR) is 83.1 cm³/mol. The zero-order chi connectivity index (χ0) is 14.8. The van der Waals surface area contributed by atoms with Crippen molar-refractivity contribution in [3.8, 4) is 10.6 Å². The van der Waals surface area contributed by atoms with Gasteiger partial charge in [0.05, 0.1) is 18.1 Å². The molecular weight excluding hydrogens is 309 g/mol. The molecule has 2 aromatic heterocycles. The van der Waals surface area contributed by atoms with E-state index in [1.807, 2.05) is 29.1 Å². The number of thiazole rings is 1. The van der Waals surface area contributed by atoms with Crippen LogP contribution in [0.2, 0.25) is 0 Å². The molecule has 0 saturated carbocycles. The summed E-state index contributed by atoms with van der Waals surface area (Å²) < 4.78 is 16.2. The molecule has 0 unspecified atom stereocenters. The topological polar surface area (TPSA) is 30.7 Å². The van der Waals surface area contributed by atoms with Crippen molar-refractivity contribution in [3.05, 3.63) is 58.9 Å². The molecule has 3 aromatic rings. The Balaban J connectivity index is 1.87. The van der Waals surface area contributed by atoms with E-state index in [2.05, 4.69) is 9.97 Å². The van der Waals surface area contributed by atoms with E-state index in [1.165, 1.54) is 17.4 Å². The molecule has 0 aliphatic heterocycles. The highest BCUT2D eigenvalue weighted by atomic mass is 35.5. The van der Waals surface area contributed by atoms with Gasteiger partial charge < -0.3 is 4.57 Å². The molecule has 0 saturated heterocycles. The van der Waals surface area contributed by atoms with Gasteiger partial charge in [0.2, 0.25) is 0 Å². The van der Waals surface area contributed by atoms with Gasteiger partial charge in [0.1, 0.15) is 16.6 Å². The minimum Gasteiger partial charge on any atom is -0.331 e. The second-order valence-electron chi connectivity index (χ2n) is 4.69. The zero-order valence-corrected chi connectivity index (χ0v) is 13.0. The number of aromatic nitrogens is 3. The Morgan fingerprint density at radius 3 is 2.86 bits per heavy atom. The third kappa shape index (κ3) is 2.99. The normalized spacial score (nSPS) is 11.0. The number of alkyl halides is 1. The molecule has 0 bridgehead atoms. The molecule has 0 atom stereocenters. The van der Waals surface area contributed by atoms with Gasteiger partial charge in [-0.2, -0.15) is 0 Å². The summed E-state index contributed by atoms with van der Waals surface area (Å²) in [5.74, 6) is 1.00. The number of aryl methyl sites for hydroxylation is 1. The molecule has 0 spiro atoms. The van der Waals surface area contributed by atoms with Gasteiger partial charge in [-0.05, 0) is 13.0 Å². The second kappa shape index (κ2) is 5.95. The zero-order valence-electron chi connectivity index (χ0n) is 11.4. The number of benzene rings is 1. The summed E-state index contributed by atoms with van der Waals surface area (Å²) in [6.45, 7) is 2.37. The Hall–Kier alpha value is -1.72. The highest BCUT2D eigenvalue weighted by Gasteiger charge is 2.09. The van der Waals surface area contributed by atoms with E-state index in [4.69, 9.17) is 11.6 Å². The number of halogens is 2. The van der Waals surface area contributed by atoms with Crippen LogP contribution in [0.5, 0.6) is 0 Å². The van der Waals surface area contributed by atoms with Crippen molar-refractivity contribution in [2.75, 3.05) is 0 Å². The Morgan fingerprint density at radius 1 is 1.38 bits per heavy atom. The van der Waals surface area contributed by atoms with E-state index in [0.717, 1.165) is 22.1 Å². The maximum absolute atomic E-state index is 14.3. The van der Waals surface area contributed by atoms with Crippen molar-refractivity contribution >= 4 is 22.9 Å². The third-order valence-electron chi connectivity index (χ3n) is 3.25. The number of rotatable bonds is 4. The van der Waals surface area contributed by atoms with Crippen molar-refractivity contribution in [2.24, 2.45) is 0 Å². The van der Waals surface area contributed by atoms with Gasteiger partial charge in [-0.25, -0.2) is 14.4 Å². The Morgan fingerprint density at radius 2 is 2.24 bits per heavy atom. The molecule has 1 aromatic carbocycles. The SMILES string of the molecule is Cc1nccn1Cc1ccc(-c2nc(CCl)cs2)cc1F. The quantitative estimate of drug-likeness (QED) is 0.673. The van der Waals surface area contributed by atoms with Crippen LogP contribution >= 0.6 is 22.9 Å². The molecule has 2 heterocycles. The van der Waals surface area contributed by atoms with Gasteiger partial charge in [-0.1, -0.05) is 12.1 Å². The van der Waals surface area contributed by atoms with Crippen LogP contribution in [0.3, 0.4) is 0 Å². The average molecular weight is 322 g/mol. The molecule has 0 fully saturated rings. The highest BCUT2D eigenvalue weighted by molar-refractivity contribution is 7.13. The summed E-state index contributed by atoms with van der Waals surface area (Å²) >= 11 is 7.21. The molecule has 0 aliphatic carbocycles. The lowest BCUT2D eigenvalue weighted by Gasteiger charge is -2.07. The van der Waals surface area contributed by atoms with Crippen LogP contribution in [-0.4, -0.2) is 14.5 Å². The van der Waals surface area contributed by atoms with E-state index in [0.29, 0.717) is 18.0 Å². The molecular formula is C15H13ClFN3S. The maximum atomic E-state index is 14.3. The maximum Gasteiger partial charge on any atom is 0.128 e. The first-order chi connectivity index (χ1) is 10.2. The average Bonchev–Trinajstić information content (AvgIpc) is 3.10. The van der Waals surface area contributed by atoms with Gasteiger partial charge in [-0.3, -0.25) is 0 Å². The largest absolute Gasteiger partial charge is 0.331 e. The Kier molecular flexibility index (Phi) is 4.03. The molecule has 0 radical (unpaired) electrons. The third-order valence-corrected chi connectivity index (χ3v) is 4.47. The van der Waals surface area contributed by atoms with Gasteiger partial charge in [0.25, 0.3) is 0 Å². The van der Waals surface area contributed by atoms with Gasteiger partial charge in [0, 0.05) is 28.9 Å². The fourth-order valence-electron chi connectivity index (χ4n) is 2.06. The molecule has 6 heteroatoms. The highest BCUT2D eigenvalue weighted by Crippen LogP contribution is 2.26. The molecule has 108 valence electrons. The number of nitrogens with zero attached hydrogens (tertiary/aromatic N) is 3. The first-order valence-corrected chi connectivity index (χ1v) is 7.85. The fourth-order valence-corrected chi connectivity index (χ4v) is 3.11. The summed E-state index contributed by atoms with van der Waals surface area (Å²) in [5.41, 5.74) is 2.23. The van der Waals surface area contributed by atoms with Crippen molar-refractivity contribution in [1.82, 2.24) is 14.5 Å². The molecule has 3 rings (SSSR count). The van der Waals surface area contributed by atoms with Crippen LogP contribution in [0.15, 0.2) is 36.0 Å². The van der Waals surface area contributed by atoms with Crippen LogP contribution in [0, 0.1) is 12.7 Å². The van der Waals surface area contributed by atoms with E-state index in [1.54, 1.807) is 12.3 Å². The molecule has 0 N–H and O–H groups in total. The lowest BCUT2D eigenvalue weighted by molar-refractivity contribution is 0.597. The van der Waals surface area contributed by atoms with Crippen molar-refractivity contribution in [2.45, 2.75) is 19.3 Å². The van der Waals surface area contributed by atoms with E-state index >= 15 is 0 Å². The minimum atomic E-state index is -0.233. The van der Waals surface area contributed by atoms with E-state index in [9.17, 15) is 4.39 Å². The second-order valence-corrected chi connectivity index (χ2v) is 5.81. The van der Waals surface area contributed by atoms with Crippen molar-refractivity contribution < 1.29 is 4.39 Å². The van der Waals surface area contributed by atoms with Crippen LogP contribution in [0.4, 0.5) is 4.39 Å². The van der Waals surface area contributed by atoms with Gasteiger partial charge in [0.15, 0.2) is 0 Å². The number of hydrogen-bond acceptors (Lipinski definition) is 3. The minimum absolute atomic E-state index is 0.233. The van der Waals surface area contributed by atoms with Crippen molar-refractivity contribution in [1.29, 1.82) is 0 Å². The van der Waals surface area contributed by atoms with Crippen LogP contribution in [-0.2, 0) is 12.4 Å². The Bertz CT molecular complexity index is 766. The lowest BCUT2D eigenvalue weighted by Crippen LogP contribution is -2.03. The monoisotopic (exact) mass is 321 g/mol. The molecule has 0 amide bonds. The standard InChI is InChI=1S/C15H13ClFN3S/c1-10-18-4-5-20(10)8-12-3-2-11(6-14(12)17)15-19-13(7-16)9-21-15/h2-6,9H,7-8H2,1H3. The Labute approximate surface area is 131 Å². The summed E-state index contributed by atoms with van der Waals surface area (Å²) in [4.78, 5) is 8.50. The van der Waals surface area contributed by atoms with Crippen LogP contribution < -0.4 is 0 Å². The number of imidazole rings is 1. The molecule has 21 heavy (non-hydrogen) atoms. The summed E-state index contributed by atoms with van der Waals surface area (Å²) in [6.07, 6.45) is 3.56. The summed E-state index contributed by atoms with van der Waals surface area (Å²) in [6, 6.07) is 5.21. The first kappa shape index (κ1) is 14.2. The van der Waals surface area contributed by atoms with E-state index in [-0.39, 0.29) is 5.82 Å². The lowest BCUT2D eigenvalue weighted by atomic mass is 10.1. The van der Waals surface area contributed by atoms with Gasteiger partial charge >= 0.3 is 0 Å². The molecule has 0 aliphatic rings. The van der Waals surface area contributed by atoms with E-state index < -0.39 is 0 Å². The van der Waals surface area contributed by atoms with Crippen LogP contribution in [0.1, 0.15) is 17.1 Å². The van der Waals surface area contributed by atoms with Crippen LogP contribution in [0.25, 0.3) is 10.6 Å². The predicted octanol–water partition coefficient (Wildman–Crippen LogP) is 4.24. The molecule has 3 nitrogen and oxygen atoms in total. The fraction of sp³-hybridized carbons (Fsp3) is 0.200. The first-order valence-electron chi connectivity index (χ1n) is 6.44. The summed E-state index contributed by atoms with van der Waals surface area (Å²) in [5, 5.41) is 2.68. The smallest absolute Gasteiger partial charge is 0.128 e. The van der Waals surface area contributed by atoms with Crippen molar-refractivity contribution in [3.63, 3.8) is 0 Å². The summed E-state index contributed by atoms with van der Waals surface area (Å²) in [7, 11) is 0.